The van der Waals surface area contributed by atoms with E-state index in [1.807, 2.05) is 0 Å². The Morgan fingerprint density at radius 2 is 2.22 bits per heavy atom. The Balaban J connectivity index is 2.16. The molecule has 1 amide bonds. The minimum Gasteiger partial charge on any atom is -0.378 e. The highest BCUT2D eigenvalue weighted by molar-refractivity contribution is 5.76. The highest BCUT2D eigenvalue weighted by Crippen LogP contribution is 2.25. The molecule has 0 aromatic carbocycles. The molecule has 2 N–H and O–H groups in total. The second kappa shape index (κ2) is 7.10. The van der Waals surface area contributed by atoms with E-state index in [4.69, 9.17) is 4.74 Å². The Morgan fingerprint density at radius 1 is 1.50 bits per heavy atom. The standard InChI is InChI=1S/C14H28N2O2/c1-11(8-14(2,3)4)7-13(17)16-9-12-10-18-6-5-15-12/h11-12,15H,5-10H2,1-4H3,(H,16,17). The van der Waals surface area contributed by atoms with Gasteiger partial charge in [-0.1, -0.05) is 27.7 Å². The predicted octanol–water partition coefficient (Wildman–Crippen LogP) is 1.55. The first-order chi connectivity index (χ1) is 8.37. The molecule has 0 bridgehead atoms. The number of carbonyl (C=O) groups is 1. The molecule has 1 fully saturated rings. The molecule has 18 heavy (non-hydrogen) atoms. The number of hydrogen-bond acceptors (Lipinski definition) is 3. The van der Waals surface area contributed by atoms with Crippen LogP contribution in [-0.4, -0.2) is 38.3 Å². The molecule has 1 aliphatic heterocycles. The van der Waals surface area contributed by atoms with Crippen molar-refractivity contribution >= 4 is 5.91 Å². The van der Waals surface area contributed by atoms with Crippen molar-refractivity contribution in [3.05, 3.63) is 0 Å². The predicted molar refractivity (Wildman–Crippen MR) is 73.5 cm³/mol. The largest absolute Gasteiger partial charge is 0.378 e. The van der Waals surface area contributed by atoms with Crippen LogP contribution in [0.15, 0.2) is 0 Å². The van der Waals surface area contributed by atoms with Crippen LogP contribution >= 0.6 is 0 Å². The Labute approximate surface area is 111 Å². The molecule has 1 aliphatic rings. The van der Waals surface area contributed by atoms with Crippen molar-refractivity contribution in [3.8, 4) is 0 Å². The highest BCUT2D eigenvalue weighted by atomic mass is 16.5. The van der Waals surface area contributed by atoms with Crippen LogP contribution in [0.5, 0.6) is 0 Å². The zero-order valence-corrected chi connectivity index (χ0v) is 12.2. The van der Waals surface area contributed by atoms with Crippen molar-refractivity contribution in [1.29, 1.82) is 0 Å². The summed E-state index contributed by atoms with van der Waals surface area (Å²) in [5.41, 5.74) is 0.290. The van der Waals surface area contributed by atoms with Crippen molar-refractivity contribution in [2.24, 2.45) is 11.3 Å². The number of amides is 1. The molecule has 4 heteroatoms. The number of morpholine rings is 1. The molecule has 0 aromatic rings. The Kier molecular flexibility index (Phi) is 6.09. The van der Waals surface area contributed by atoms with Crippen molar-refractivity contribution in [2.45, 2.75) is 46.6 Å². The summed E-state index contributed by atoms with van der Waals surface area (Å²) < 4.78 is 5.35. The average molecular weight is 256 g/mol. The molecule has 1 heterocycles. The molecule has 106 valence electrons. The van der Waals surface area contributed by atoms with Gasteiger partial charge in [-0.25, -0.2) is 0 Å². The summed E-state index contributed by atoms with van der Waals surface area (Å²) in [6.07, 6.45) is 1.69. The van der Waals surface area contributed by atoms with Crippen LogP contribution in [-0.2, 0) is 9.53 Å². The summed E-state index contributed by atoms with van der Waals surface area (Å²) in [7, 11) is 0. The lowest BCUT2D eigenvalue weighted by Gasteiger charge is -2.25. The third kappa shape index (κ3) is 6.97. The summed E-state index contributed by atoms with van der Waals surface area (Å²) in [6, 6.07) is 0.264. The zero-order valence-electron chi connectivity index (χ0n) is 12.2. The third-order valence-corrected chi connectivity index (χ3v) is 3.04. The van der Waals surface area contributed by atoms with Crippen LogP contribution in [0.3, 0.4) is 0 Å². The van der Waals surface area contributed by atoms with Crippen molar-refractivity contribution in [2.75, 3.05) is 26.3 Å². The van der Waals surface area contributed by atoms with E-state index in [9.17, 15) is 4.79 Å². The summed E-state index contributed by atoms with van der Waals surface area (Å²) in [6.45, 7) is 11.8. The van der Waals surface area contributed by atoms with Gasteiger partial charge in [0.15, 0.2) is 0 Å². The lowest BCUT2D eigenvalue weighted by atomic mass is 9.84. The number of ether oxygens (including phenoxy) is 1. The molecule has 0 aromatic heterocycles. The lowest BCUT2D eigenvalue weighted by Crippen LogP contribution is -2.48. The molecule has 0 aliphatic carbocycles. The van der Waals surface area contributed by atoms with Crippen LogP contribution in [0.25, 0.3) is 0 Å². The molecule has 2 atom stereocenters. The summed E-state index contributed by atoms with van der Waals surface area (Å²) >= 11 is 0. The fourth-order valence-electron chi connectivity index (χ4n) is 2.49. The normalized spacial score (nSPS) is 22.6. The first kappa shape index (κ1) is 15.4. The van der Waals surface area contributed by atoms with Crippen LogP contribution in [0.4, 0.5) is 0 Å². The van der Waals surface area contributed by atoms with E-state index >= 15 is 0 Å². The molecule has 0 saturated carbocycles. The summed E-state index contributed by atoms with van der Waals surface area (Å²) in [5, 5.41) is 6.31. The van der Waals surface area contributed by atoms with Gasteiger partial charge in [0.1, 0.15) is 0 Å². The van der Waals surface area contributed by atoms with Gasteiger partial charge in [-0.15, -0.1) is 0 Å². The molecule has 2 unspecified atom stereocenters. The molecule has 1 rings (SSSR count). The van der Waals surface area contributed by atoms with Crippen molar-refractivity contribution in [3.63, 3.8) is 0 Å². The Hall–Kier alpha value is -0.610. The van der Waals surface area contributed by atoms with Gasteiger partial charge in [0, 0.05) is 25.6 Å². The minimum atomic E-state index is 0.152. The monoisotopic (exact) mass is 256 g/mol. The first-order valence-electron chi connectivity index (χ1n) is 6.94. The summed E-state index contributed by atoms with van der Waals surface area (Å²) in [4.78, 5) is 11.8. The smallest absolute Gasteiger partial charge is 0.220 e. The van der Waals surface area contributed by atoms with E-state index in [0.29, 0.717) is 30.9 Å². The molecule has 0 radical (unpaired) electrons. The van der Waals surface area contributed by atoms with Gasteiger partial charge in [-0.05, 0) is 17.8 Å². The maximum absolute atomic E-state index is 11.8. The Bertz CT molecular complexity index is 255. The molecule has 1 saturated heterocycles. The maximum atomic E-state index is 11.8. The topological polar surface area (TPSA) is 50.4 Å². The van der Waals surface area contributed by atoms with Gasteiger partial charge in [0.25, 0.3) is 0 Å². The molecular weight excluding hydrogens is 228 g/mol. The first-order valence-corrected chi connectivity index (χ1v) is 6.94. The fourth-order valence-corrected chi connectivity index (χ4v) is 2.49. The molecular formula is C14H28N2O2. The fraction of sp³-hybridized carbons (Fsp3) is 0.929. The van der Waals surface area contributed by atoms with Gasteiger partial charge in [0.05, 0.1) is 13.2 Å². The van der Waals surface area contributed by atoms with Crippen molar-refractivity contribution < 1.29 is 9.53 Å². The van der Waals surface area contributed by atoms with E-state index in [1.165, 1.54) is 0 Å². The number of hydrogen-bond donors (Lipinski definition) is 2. The SMILES string of the molecule is CC(CC(=O)NCC1COCCN1)CC(C)(C)C. The lowest BCUT2D eigenvalue weighted by molar-refractivity contribution is -0.122. The molecule has 4 nitrogen and oxygen atoms in total. The van der Waals surface area contributed by atoms with Crippen LogP contribution in [0.2, 0.25) is 0 Å². The number of nitrogens with one attached hydrogen (secondary N) is 2. The van der Waals surface area contributed by atoms with E-state index in [2.05, 4.69) is 38.3 Å². The van der Waals surface area contributed by atoms with E-state index in [1.54, 1.807) is 0 Å². The highest BCUT2D eigenvalue weighted by Gasteiger charge is 2.19. The second-order valence-electron chi connectivity index (χ2n) is 6.60. The number of rotatable bonds is 5. The second-order valence-corrected chi connectivity index (χ2v) is 6.60. The van der Waals surface area contributed by atoms with Gasteiger partial charge in [-0.3, -0.25) is 4.79 Å². The quantitative estimate of drug-likeness (QED) is 0.785. The van der Waals surface area contributed by atoms with E-state index in [0.717, 1.165) is 19.6 Å². The average Bonchev–Trinajstić information content (AvgIpc) is 2.25. The van der Waals surface area contributed by atoms with Gasteiger partial charge < -0.3 is 15.4 Å². The zero-order chi connectivity index (χ0) is 13.6. The van der Waals surface area contributed by atoms with Gasteiger partial charge in [0.2, 0.25) is 5.91 Å². The molecule has 0 spiro atoms. The van der Waals surface area contributed by atoms with Crippen LogP contribution in [0, 0.1) is 11.3 Å². The maximum Gasteiger partial charge on any atom is 0.220 e. The van der Waals surface area contributed by atoms with E-state index in [-0.39, 0.29) is 11.9 Å². The third-order valence-electron chi connectivity index (χ3n) is 3.04. The van der Waals surface area contributed by atoms with Crippen LogP contribution in [0.1, 0.15) is 40.5 Å². The van der Waals surface area contributed by atoms with Crippen molar-refractivity contribution in [1.82, 2.24) is 10.6 Å². The number of carbonyl (C=O) groups excluding carboxylic acids is 1. The minimum absolute atomic E-state index is 0.152. The van der Waals surface area contributed by atoms with Crippen LogP contribution < -0.4 is 10.6 Å². The van der Waals surface area contributed by atoms with E-state index < -0.39 is 0 Å². The summed E-state index contributed by atoms with van der Waals surface area (Å²) in [5.74, 6) is 0.583. The van der Waals surface area contributed by atoms with Gasteiger partial charge >= 0.3 is 0 Å². The Morgan fingerprint density at radius 3 is 2.78 bits per heavy atom. The van der Waals surface area contributed by atoms with Gasteiger partial charge in [-0.2, -0.15) is 0 Å².